The molecular formula is C41H65N3O7. The molecule has 4 amide bonds. The van der Waals surface area contributed by atoms with E-state index in [4.69, 9.17) is 9.47 Å². The van der Waals surface area contributed by atoms with Crippen LogP contribution in [0.4, 0.5) is 0 Å². The van der Waals surface area contributed by atoms with Crippen LogP contribution in [0.1, 0.15) is 142 Å². The lowest BCUT2D eigenvalue weighted by Crippen LogP contribution is -2.54. The lowest BCUT2D eigenvalue weighted by molar-refractivity contribution is -0.151. The van der Waals surface area contributed by atoms with E-state index in [0.717, 1.165) is 81.8 Å². The Morgan fingerprint density at radius 2 is 1.45 bits per heavy atom. The fourth-order valence-electron chi connectivity index (χ4n) is 10.6. The van der Waals surface area contributed by atoms with Gasteiger partial charge in [-0.2, -0.15) is 0 Å². The van der Waals surface area contributed by atoms with E-state index >= 15 is 0 Å². The second-order valence-corrected chi connectivity index (χ2v) is 16.5. The molecule has 286 valence electrons. The van der Waals surface area contributed by atoms with Gasteiger partial charge in [0.15, 0.2) is 0 Å². The lowest BCUT2D eigenvalue weighted by atomic mass is 9.68. The van der Waals surface area contributed by atoms with Crippen LogP contribution in [0.25, 0.3) is 0 Å². The Morgan fingerprint density at radius 1 is 0.765 bits per heavy atom. The molecule has 3 N–H and O–H groups in total. The summed E-state index contributed by atoms with van der Waals surface area (Å²) < 4.78 is 12.3. The van der Waals surface area contributed by atoms with Crippen LogP contribution in [0.3, 0.4) is 0 Å². The summed E-state index contributed by atoms with van der Waals surface area (Å²) in [5, 5.41) is 16.1. The number of carbonyl (C=O) groups is 4. The van der Waals surface area contributed by atoms with Crippen LogP contribution in [0, 0.1) is 29.6 Å². The molecule has 6 aliphatic rings. The molecule has 51 heavy (non-hydrogen) atoms. The lowest BCUT2D eigenvalue weighted by Gasteiger charge is -2.39. The van der Waals surface area contributed by atoms with Crippen molar-refractivity contribution in [3.8, 4) is 0 Å². The van der Waals surface area contributed by atoms with E-state index in [9.17, 15) is 24.3 Å². The molecule has 6 fully saturated rings. The predicted molar refractivity (Wildman–Crippen MR) is 194 cm³/mol. The quantitative estimate of drug-likeness (QED) is 0.111. The predicted octanol–water partition coefficient (Wildman–Crippen LogP) is 5.75. The van der Waals surface area contributed by atoms with Gasteiger partial charge in [0.2, 0.25) is 23.6 Å². The number of fused-ring (bicyclic) bond motifs is 1. The summed E-state index contributed by atoms with van der Waals surface area (Å²) in [6, 6.07) is -0.697. The highest BCUT2D eigenvalue weighted by Gasteiger charge is 2.53. The third-order valence-electron chi connectivity index (χ3n) is 13.3. The van der Waals surface area contributed by atoms with Gasteiger partial charge in [0.25, 0.3) is 0 Å². The number of hydrogen-bond acceptors (Lipinski definition) is 8. The van der Waals surface area contributed by atoms with Crippen LogP contribution >= 0.6 is 0 Å². The van der Waals surface area contributed by atoms with Crippen LogP contribution in [0.2, 0.25) is 0 Å². The van der Waals surface area contributed by atoms with E-state index in [1.165, 1.54) is 51.4 Å². The largest absolute Gasteiger partial charge is 0.393 e. The van der Waals surface area contributed by atoms with Crippen molar-refractivity contribution in [2.45, 2.75) is 166 Å². The van der Waals surface area contributed by atoms with Gasteiger partial charge in [0, 0.05) is 32.3 Å². The number of ether oxygens (including phenoxy) is 2. The molecule has 4 aliphatic carbocycles. The van der Waals surface area contributed by atoms with Crippen molar-refractivity contribution >= 4 is 23.6 Å². The Hall–Kier alpha value is -2.14. The Morgan fingerprint density at radius 3 is 2.16 bits per heavy atom. The molecule has 0 bridgehead atoms. The summed E-state index contributed by atoms with van der Waals surface area (Å²) in [5.74, 6) is 0.0307. The summed E-state index contributed by atoms with van der Waals surface area (Å²) in [7, 11) is 0. The molecular weight excluding hydrogens is 646 g/mol. The summed E-state index contributed by atoms with van der Waals surface area (Å²) in [5.41, 5.74) is 3.63. The maximum Gasteiger partial charge on any atom is 0.249 e. The summed E-state index contributed by atoms with van der Waals surface area (Å²) >= 11 is 0. The molecule has 0 radical (unpaired) electrons. The van der Waals surface area contributed by atoms with Crippen molar-refractivity contribution in [1.82, 2.24) is 15.5 Å². The van der Waals surface area contributed by atoms with Crippen molar-refractivity contribution in [1.29, 1.82) is 0 Å². The smallest absolute Gasteiger partial charge is 0.249 e. The van der Waals surface area contributed by atoms with Crippen LogP contribution in [0.5, 0.6) is 0 Å². The minimum Gasteiger partial charge on any atom is -0.393 e. The maximum atomic E-state index is 13.2. The maximum absolute atomic E-state index is 13.2. The van der Waals surface area contributed by atoms with E-state index in [0.29, 0.717) is 44.0 Å². The molecule has 10 heteroatoms. The van der Waals surface area contributed by atoms with Crippen molar-refractivity contribution in [2.24, 2.45) is 29.6 Å². The number of carbonyl (C=O) groups excluding carboxylic acids is 4. The number of imide groups is 2. The number of piperidine rings is 1. The van der Waals surface area contributed by atoms with Crippen LogP contribution in [-0.2, 0) is 28.7 Å². The highest BCUT2D eigenvalue weighted by Crippen LogP contribution is 2.46. The minimum absolute atomic E-state index is 0.0981. The Bertz CT molecular complexity index is 1230. The Labute approximate surface area is 305 Å². The highest BCUT2D eigenvalue weighted by atomic mass is 16.5. The van der Waals surface area contributed by atoms with Gasteiger partial charge in [-0.25, -0.2) is 0 Å². The summed E-state index contributed by atoms with van der Waals surface area (Å²) in [6.07, 6.45) is 21.6. The topological polar surface area (TPSA) is 134 Å². The average Bonchev–Trinajstić information content (AvgIpc) is 3.39. The van der Waals surface area contributed by atoms with Gasteiger partial charge in [0.1, 0.15) is 6.04 Å². The van der Waals surface area contributed by atoms with Gasteiger partial charge in [-0.05, 0) is 133 Å². The second kappa shape index (κ2) is 18.8. The fraction of sp³-hybridized carbons (Fsp3) is 0.854. The Kier molecular flexibility index (Phi) is 14.2. The Balaban J connectivity index is 0.843. The van der Waals surface area contributed by atoms with Crippen LogP contribution in [-0.4, -0.2) is 84.3 Å². The first-order valence-corrected chi connectivity index (χ1v) is 20.9. The number of aliphatic hydroxyl groups is 1. The molecule has 4 unspecified atom stereocenters. The first kappa shape index (κ1) is 38.6. The number of likely N-dealkylation sites (tertiary alicyclic amines) is 1. The average molecular weight is 712 g/mol. The third kappa shape index (κ3) is 9.70. The molecule has 0 aromatic rings. The molecule has 2 aliphatic heterocycles. The normalized spacial score (nSPS) is 34.4. The SMILES string of the molecule is CC/C(=C(\C1CCC(O)CC1)C1CCC(OCCCOCCCNC2CCC3C(=O)N(C4CCC(=O)NC4=O)C(=O)C3C2)CC1)C1CCCCC1. The molecule has 2 heterocycles. The number of rotatable bonds is 15. The van der Waals surface area contributed by atoms with Gasteiger partial charge in [-0.15, -0.1) is 0 Å². The number of nitrogens with one attached hydrogen (secondary N) is 2. The molecule has 0 spiro atoms. The zero-order valence-electron chi connectivity index (χ0n) is 31.2. The van der Waals surface area contributed by atoms with Crippen molar-refractivity contribution in [3.63, 3.8) is 0 Å². The minimum atomic E-state index is -0.860. The highest BCUT2D eigenvalue weighted by molar-refractivity contribution is 6.10. The monoisotopic (exact) mass is 711 g/mol. The molecule has 4 atom stereocenters. The third-order valence-corrected chi connectivity index (χ3v) is 13.3. The first-order valence-electron chi connectivity index (χ1n) is 20.9. The van der Waals surface area contributed by atoms with E-state index < -0.39 is 11.9 Å². The molecule has 0 aromatic carbocycles. The van der Waals surface area contributed by atoms with Crippen LogP contribution < -0.4 is 10.6 Å². The van der Waals surface area contributed by atoms with Crippen LogP contribution in [0.15, 0.2) is 11.1 Å². The molecule has 2 saturated heterocycles. The summed E-state index contributed by atoms with van der Waals surface area (Å²) in [6.45, 7) is 5.29. The zero-order chi connectivity index (χ0) is 35.7. The fourth-order valence-corrected chi connectivity index (χ4v) is 10.6. The van der Waals surface area contributed by atoms with Gasteiger partial charge < -0.3 is 19.9 Å². The molecule has 0 aromatic heterocycles. The van der Waals surface area contributed by atoms with Crippen molar-refractivity contribution < 1.29 is 33.8 Å². The number of aliphatic hydroxyl groups excluding tert-OH is 1. The molecule has 6 rings (SSSR count). The number of nitrogens with zero attached hydrogens (tertiary/aromatic N) is 1. The summed E-state index contributed by atoms with van der Waals surface area (Å²) in [4.78, 5) is 51.3. The zero-order valence-corrected chi connectivity index (χ0v) is 31.2. The van der Waals surface area contributed by atoms with Crippen molar-refractivity contribution in [3.05, 3.63) is 11.1 Å². The molecule has 10 nitrogen and oxygen atoms in total. The van der Waals surface area contributed by atoms with E-state index in [2.05, 4.69) is 17.6 Å². The first-order chi connectivity index (χ1) is 24.8. The number of amides is 4. The van der Waals surface area contributed by atoms with Gasteiger partial charge in [-0.3, -0.25) is 29.4 Å². The van der Waals surface area contributed by atoms with Crippen molar-refractivity contribution in [2.75, 3.05) is 26.4 Å². The van der Waals surface area contributed by atoms with E-state index in [1.807, 2.05) is 5.57 Å². The van der Waals surface area contributed by atoms with E-state index in [-0.39, 0.29) is 54.5 Å². The van der Waals surface area contributed by atoms with Gasteiger partial charge >= 0.3 is 0 Å². The second-order valence-electron chi connectivity index (χ2n) is 16.5. The van der Waals surface area contributed by atoms with Gasteiger partial charge in [0.05, 0.1) is 24.0 Å². The molecule has 4 saturated carbocycles. The number of allylic oxidation sites excluding steroid dienone is 2. The standard InChI is InChI=1S/C41H65N3O7/c1-2-33(27-8-4-3-5-9-27)38(28-10-15-31(45)16-11-28)29-12-17-32(18-13-29)51-25-7-24-50-23-6-22-42-30-14-19-34-35(26-30)41(49)44(40(34)48)36-20-21-37(46)43-39(36)47/h27-32,34-36,42,45H,2-26H2,1H3,(H,43,46,47)/b38-33-. The van der Waals surface area contributed by atoms with E-state index in [1.54, 1.807) is 5.57 Å². The van der Waals surface area contributed by atoms with Gasteiger partial charge in [-0.1, -0.05) is 37.3 Å². The number of hydrogen-bond donors (Lipinski definition) is 3.